The molecule has 1 amide bonds. The summed E-state index contributed by atoms with van der Waals surface area (Å²) in [4.78, 5) is 13.2. The molecule has 1 saturated carbocycles. The van der Waals surface area contributed by atoms with Crippen molar-refractivity contribution < 1.29 is 4.79 Å². The maximum atomic E-state index is 11.0. The Morgan fingerprint density at radius 1 is 1.50 bits per heavy atom. The highest BCUT2D eigenvalue weighted by Gasteiger charge is 2.46. The van der Waals surface area contributed by atoms with E-state index in [2.05, 4.69) is 4.90 Å². The van der Waals surface area contributed by atoms with Gasteiger partial charge in [0.1, 0.15) is 0 Å². The number of hydrogen-bond donors (Lipinski definition) is 2. The smallest absolute Gasteiger partial charge is 0.234 e. The van der Waals surface area contributed by atoms with Crippen LogP contribution in [0.3, 0.4) is 0 Å². The van der Waals surface area contributed by atoms with E-state index in [0.717, 1.165) is 32.5 Å². The Kier molecular flexibility index (Phi) is 2.49. The van der Waals surface area contributed by atoms with Crippen molar-refractivity contribution in [3.63, 3.8) is 0 Å². The van der Waals surface area contributed by atoms with Crippen molar-refractivity contribution in [3.05, 3.63) is 0 Å². The minimum absolute atomic E-state index is 0.00486. The summed E-state index contributed by atoms with van der Waals surface area (Å²) >= 11 is 0. The number of carbonyl (C=O) groups excluding carboxylic acids is 1. The molecule has 14 heavy (non-hydrogen) atoms. The van der Waals surface area contributed by atoms with Crippen LogP contribution in [0.4, 0.5) is 0 Å². The van der Waals surface area contributed by atoms with Crippen molar-refractivity contribution in [3.8, 4) is 0 Å². The van der Waals surface area contributed by atoms with Gasteiger partial charge in [0, 0.05) is 13.1 Å². The van der Waals surface area contributed by atoms with E-state index in [9.17, 15) is 4.79 Å². The van der Waals surface area contributed by atoms with Crippen LogP contribution in [0, 0.1) is 5.41 Å². The third kappa shape index (κ3) is 1.77. The Hall–Kier alpha value is -0.610. The van der Waals surface area contributed by atoms with E-state index < -0.39 is 0 Å². The molecule has 2 aliphatic rings. The fourth-order valence-electron chi connectivity index (χ4n) is 2.35. The predicted molar refractivity (Wildman–Crippen MR) is 54.5 cm³/mol. The lowest BCUT2D eigenvalue weighted by Crippen LogP contribution is -2.56. The van der Waals surface area contributed by atoms with E-state index in [1.165, 1.54) is 12.8 Å². The van der Waals surface area contributed by atoms with Gasteiger partial charge < -0.3 is 11.5 Å². The Bertz CT molecular complexity index is 238. The highest BCUT2D eigenvalue weighted by molar-refractivity contribution is 5.80. The van der Waals surface area contributed by atoms with Gasteiger partial charge in [-0.1, -0.05) is 0 Å². The van der Waals surface area contributed by atoms with E-state index in [4.69, 9.17) is 11.5 Å². The van der Waals surface area contributed by atoms with Crippen molar-refractivity contribution in [1.82, 2.24) is 4.90 Å². The molecule has 1 unspecified atom stereocenters. The molecule has 1 saturated heterocycles. The summed E-state index contributed by atoms with van der Waals surface area (Å²) in [5.74, 6) is -0.167. The summed E-state index contributed by atoms with van der Waals surface area (Å²) in [6.07, 6.45) is 4.57. The van der Waals surface area contributed by atoms with Crippen molar-refractivity contribution in [1.29, 1.82) is 0 Å². The topological polar surface area (TPSA) is 72.3 Å². The van der Waals surface area contributed by atoms with Gasteiger partial charge in [0.05, 0.1) is 6.04 Å². The molecule has 0 aromatic rings. The van der Waals surface area contributed by atoms with Crippen molar-refractivity contribution >= 4 is 5.91 Å². The van der Waals surface area contributed by atoms with Crippen LogP contribution in [0.5, 0.6) is 0 Å². The van der Waals surface area contributed by atoms with Crippen LogP contribution in [0.15, 0.2) is 0 Å². The Labute approximate surface area is 84.6 Å². The summed E-state index contributed by atoms with van der Waals surface area (Å²) in [5, 5.41) is 0. The number of carbonyl (C=O) groups is 1. The Morgan fingerprint density at radius 3 is 2.57 bits per heavy atom. The van der Waals surface area contributed by atoms with E-state index in [0.29, 0.717) is 5.41 Å². The van der Waals surface area contributed by atoms with Crippen LogP contribution in [0.1, 0.15) is 25.7 Å². The molecule has 1 aliphatic heterocycles. The van der Waals surface area contributed by atoms with Crippen LogP contribution in [-0.4, -0.2) is 36.5 Å². The van der Waals surface area contributed by atoms with E-state index in [1.54, 1.807) is 0 Å². The number of nitrogens with zero attached hydrogens (tertiary/aromatic N) is 1. The van der Waals surface area contributed by atoms with Gasteiger partial charge in [0.15, 0.2) is 0 Å². The molecule has 1 aliphatic carbocycles. The molecule has 0 radical (unpaired) electrons. The number of hydrogen-bond acceptors (Lipinski definition) is 3. The zero-order valence-electron chi connectivity index (χ0n) is 8.54. The highest BCUT2D eigenvalue weighted by atomic mass is 16.1. The number of likely N-dealkylation sites (tertiary alicyclic amines) is 1. The molecular weight excluding hydrogens is 178 g/mol. The zero-order chi connectivity index (χ0) is 10.2. The Morgan fingerprint density at radius 2 is 2.21 bits per heavy atom. The first kappa shape index (κ1) is 9.93. The van der Waals surface area contributed by atoms with Gasteiger partial charge in [-0.05, 0) is 37.6 Å². The SMILES string of the molecule is NCCC1(CN2CCC2C(N)=O)CC1. The maximum absolute atomic E-state index is 11.0. The van der Waals surface area contributed by atoms with Gasteiger partial charge >= 0.3 is 0 Å². The standard InChI is InChI=1S/C10H19N3O/c11-5-4-10(2-3-10)7-13-6-1-8(13)9(12)14/h8H,1-7,11H2,(H2,12,14). The summed E-state index contributed by atoms with van der Waals surface area (Å²) in [6, 6.07) is 0.00486. The molecule has 4 heteroatoms. The lowest BCUT2D eigenvalue weighted by molar-refractivity contribution is -0.128. The van der Waals surface area contributed by atoms with Crippen molar-refractivity contribution in [2.45, 2.75) is 31.7 Å². The third-order valence-electron chi connectivity index (χ3n) is 3.63. The van der Waals surface area contributed by atoms with Gasteiger partial charge in [0.2, 0.25) is 5.91 Å². The summed E-state index contributed by atoms with van der Waals surface area (Å²) < 4.78 is 0. The quantitative estimate of drug-likeness (QED) is 0.634. The lowest BCUT2D eigenvalue weighted by atomic mass is 9.95. The third-order valence-corrected chi connectivity index (χ3v) is 3.63. The monoisotopic (exact) mass is 197 g/mol. The van der Waals surface area contributed by atoms with Crippen molar-refractivity contribution in [2.24, 2.45) is 16.9 Å². The second-order valence-corrected chi connectivity index (χ2v) is 4.72. The van der Waals surface area contributed by atoms with Crippen LogP contribution in [0.25, 0.3) is 0 Å². The van der Waals surface area contributed by atoms with Crippen LogP contribution < -0.4 is 11.5 Å². The minimum atomic E-state index is -0.167. The van der Waals surface area contributed by atoms with Crippen molar-refractivity contribution in [2.75, 3.05) is 19.6 Å². The van der Waals surface area contributed by atoms with Gasteiger partial charge in [-0.25, -0.2) is 0 Å². The van der Waals surface area contributed by atoms with Crippen LogP contribution in [-0.2, 0) is 4.79 Å². The summed E-state index contributed by atoms with van der Waals surface area (Å²) in [5.41, 5.74) is 11.3. The number of primary amides is 1. The molecule has 2 rings (SSSR count). The van der Waals surface area contributed by atoms with Crippen LogP contribution in [0.2, 0.25) is 0 Å². The largest absolute Gasteiger partial charge is 0.368 e. The fraction of sp³-hybridized carbons (Fsp3) is 0.900. The molecular formula is C10H19N3O. The first-order valence-corrected chi connectivity index (χ1v) is 5.40. The van der Waals surface area contributed by atoms with Crippen LogP contribution >= 0.6 is 0 Å². The first-order valence-electron chi connectivity index (χ1n) is 5.40. The minimum Gasteiger partial charge on any atom is -0.368 e. The zero-order valence-corrected chi connectivity index (χ0v) is 8.54. The van der Waals surface area contributed by atoms with Gasteiger partial charge in [-0.3, -0.25) is 9.69 Å². The summed E-state index contributed by atoms with van der Waals surface area (Å²) in [6.45, 7) is 2.81. The summed E-state index contributed by atoms with van der Waals surface area (Å²) in [7, 11) is 0. The first-order chi connectivity index (χ1) is 6.67. The molecule has 0 bridgehead atoms. The van der Waals surface area contributed by atoms with E-state index in [1.807, 2.05) is 0 Å². The molecule has 80 valence electrons. The molecule has 1 heterocycles. The van der Waals surface area contributed by atoms with E-state index >= 15 is 0 Å². The molecule has 4 nitrogen and oxygen atoms in total. The highest BCUT2D eigenvalue weighted by Crippen LogP contribution is 2.49. The molecule has 4 N–H and O–H groups in total. The second-order valence-electron chi connectivity index (χ2n) is 4.72. The number of amides is 1. The lowest BCUT2D eigenvalue weighted by Gasteiger charge is -2.41. The molecule has 2 fully saturated rings. The molecule has 0 spiro atoms. The number of nitrogens with two attached hydrogens (primary N) is 2. The maximum Gasteiger partial charge on any atom is 0.234 e. The molecule has 0 aromatic carbocycles. The normalized spacial score (nSPS) is 29.6. The van der Waals surface area contributed by atoms with E-state index in [-0.39, 0.29) is 11.9 Å². The van der Waals surface area contributed by atoms with Gasteiger partial charge in [0.25, 0.3) is 0 Å². The second kappa shape index (κ2) is 3.51. The van der Waals surface area contributed by atoms with Gasteiger partial charge in [-0.2, -0.15) is 0 Å². The molecule has 0 aromatic heterocycles. The molecule has 1 atom stereocenters. The number of rotatable bonds is 5. The van der Waals surface area contributed by atoms with Gasteiger partial charge in [-0.15, -0.1) is 0 Å². The fourth-order valence-corrected chi connectivity index (χ4v) is 2.35. The average molecular weight is 197 g/mol. The average Bonchev–Trinajstić information content (AvgIpc) is 2.79. The Balaban J connectivity index is 1.83. The predicted octanol–water partition coefficient (Wildman–Crippen LogP) is -0.325.